The molecule has 0 aliphatic heterocycles. The maximum absolute atomic E-state index is 10.4. The van der Waals surface area contributed by atoms with Crippen LogP contribution in [0.25, 0.3) is 0 Å². The molecule has 2 rings (SSSR count). The molecule has 0 spiro atoms. The van der Waals surface area contributed by atoms with Gasteiger partial charge in [0.15, 0.2) is 0 Å². The highest BCUT2D eigenvalue weighted by Crippen LogP contribution is 2.43. The second kappa shape index (κ2) is 4.62. The van der Waals surface area contributed by atoms with E-state index in [2.05, 4.69) is 18.9 Å². The zero-order chi connectivity index (χ0) is 12.6. The molecule has 1 atom stereocenters. The summed E-state index contributed by atoms with van der Waals surface area (Å²) in [6, 6.07) is 0. The molecule has 1 fully saturated rings. The zero-order valence-corrected chi connectivity index (χ0v) is 11.5. The van der Waals surface area contributed by atoms with Gasteiger partial charge in [-0.05, 0) is 37.0 Å². The van der Waals surface area contributed by atoms with Gasteiger partial charge in [0.1, 0.15) is 0 Å². The summed E-state index contributed by atoms with van der Waals surface area (Å²) in [7, 11) is 1.83. The second-order valence-electron chi connectivity index (χ2n) is 5.95. The van der Waals surface area contributed by atoms with Gasteiger partial charge in [-0.2, -0.15) is 5.10 Å². The van der Waals surface area contributed by atoms with Crippen LogP contribution in [0.5, 0.6) is 0 Å². The maximum atomic E-state index is 10.4. The molecule has 1 aromatic rings. The molecular formula is C13H21ClN2O. The van der Waals surface area contributed by atoms with E-state index in [4.69, 9.17) is 11.6 Å². The van der Waals surface area contributed by atoms with E-state index in [-0.39, 0.29) is 0 Å². The SMILES string of the molecule is Cn1ncc(Cl)c1C(O)C1CCC(C)(C)CC1. The van der Waals surface area contributed by atoms with Gasteiger partial charge in [-0.15, -0.1) is 0 Å². The number of halogens is 1. The predicted octanol–water partition coefficient (Wildman–Crippen LogP) is 3.32. The standard InChI is InChI=1S/C13H21ClN2O/c1-13(2)6-4-9(5-7-13)12(17)11-10(14)8-15-16(11)3/h8-9,12,17H,4-7H2,1-3H3. The first-order chi connectivity index (χ1) is 7.91. The topological polar surface area (TPSA) is 38.0 Å². The molecule has 0 aromatic carbocycles. The van der Waals surface area contributed by atoms with Gasteiger partial charge in [0.05, 0.1) is 23.0 Å². The lowest BCUT2D eigenvalue weighted by atomic mass is 9.71. The molecule has 0 saturated heterocycles. The fraction of sp³-hybridized carbons (Fsp3) is 0.769. The van der Waals surface area contributed by atoms with Crippen LogP contribution in [0.1, 0.15) is 51.3 Å². The first-order valence-electron chi connectivity index (χ1n) is 6.26. The molecule has 96 valence electrons. The van der Waals surface area contributed by atoms with Gasteiger partial charge < -0.3 is 5.11 Å². The van der Waals surface area contributed by atoms with Crippen molar-refractivity contribution in [3.63, 3.8) is 0 Å². The van der Waals surface area contributed by atoms with Crippen molar-refractivity contribution < 1.29 is 5.11 Å². The van der Waals surface area contributed by atoms with Crippen molar-refractivity contribution in [1.82, 2.24) is 9.78 Å². The third kappa shape index (κ3) is 2.66. The van der Waals surface area contributed by atoms with Crippen LogP contribution in [-0.2, 0) is 7.05 Å². The molecule has 1 N–H and O–H groups in total. The van der Waals surface area contributed by atoms with Crippen molar-refractivity contribution in [2.45, 2.75) is 45.6 Å². The smallest absolute Gasteiger partial charge is 0.0999 e. The maximum Gasteiger partial charge on any atom is 0.0999 e. The van der Waals surface area contributed by atoms with Crippen molar-refractivity contribution >= 4 is 11.6 Å². The Morgan fingerprint density at radius 2 is 2.06 bits per heavy atom. The lowest BCUT2D eigenvalue weighted by molar-refractivity contribution is 0.0513. The molecule has 0 bridgehead atoms. The van der Waals surface area contributed by atoms with Gasteiger partial charge in [-0.1, -0.05) is 25.4 Å². The van der Waals surface area contributed by atoms with E-state index in [1.165, 1.54) is 12.8 Å². The summed E-state index contributed by atoms with van der Waals surface area (Å²) in [5.74, 6) is 0.316. The van der Waals surface area contributed by atoms with E-state index in [1.54, 1.807) is 10.9 Å². The van der Waals surface area contributed by atoms with E-state index in [0.717, 1.165) is 18.5 Å². The van der Waals surface area contributed by atoms with E-state index in [9.17, 15) is 5.11 Å². The molecule has 1 saturated carbocycles. The van der Waals surface area contributed by atoms with Crippen LogP contribution in [0, 0.1) is 11.3 Å². The monoisotopic (exact) mass is 256 g/mol. The Balaban J connectivity index is 2.09. The van der Waals surface area contributed by atoms with Crippen molar-refractivity contribution in [2.75, 3.05) is 0 Å². The Bertz CT molecular complexity index is 371. The van der Waals surface area contributed by atoms with Gasteiger partial charge in [0.25, 0.3) is 0 Å². The van der Waals surface area contributed by atoms with Gasteiger partial charge in [0.2, 0.25) is 0 Å². The summed E-state index contributed by atoms with van der Waals surface area (Å²) < 4.78 is 1.69. The lowest BCUT2D eigenvalue weighted by Gasteiger charge is -2.36. The third-order valence-corrected chi connectivity index (χ3v) is 4.34. The summed E-state index contributed by atoms with van der Waals surface area (Å²) in [5.41, 5.74) is 1.18. The number of rotatable bonds is 2. The van der Waals surface area contributed by atoms with Crippen molar-refractivity contribution in [3.05, 3.63) is 16.9 Å². The molecule has 1 aliphatic carbocycles. The third-order valence-electron chi connectivity index (χ3n) is 4.05. The second-order valence-corrected chi connectivity index (χ2v) is 6.36. The van der Waals surface area contributed by atoms with Crippen molar-refractivity contribution in [3.8, 4) is 0 Å². The molecule has 1 aromatic heterocycles. The minimum atomic E-state index is -0.480. The number of hydrogen-bond donors (Lipinski definition) is 1. The molecule has 0 amide bonds. The summed E-state index contributed by atoms with van der Waals surface area (Å²) in [4.78, 5) is 0. The fourth-order valence-corrected chi connectivity index (χ4v) is 2.99. The normalized spacial score (nSPS) is 22.6. The van der Waals surface area contributed by atoms with Crippen LogP contribution in [0.15, 0.2) is 6.20 Å². The average Bonchev–Trinajstić information content (AvgIpc) is 2.58. The van der Waals surface area contributed by atoms with Crippen LogP contribution in [-0.4, -0.2) is 14.9 Å². The van der Waals surface area contributed by atoms with Crippen LogP contribution < -0.4 is 0 Å². The van der Waals surface area contributed by atoms with Gasteiger partial charge in [-0.3, -0.25) is 4.68 Å². The first-order valence-corrected chi connectivity index (χ1v) is 6.64. The summed E-state index contributed by atoms with van der Waals surface area (Å²) >= 11 is 6.07. The van der Waals surface area contributed by atoms with E-state index >= 15 is 0 Å². The van der Waals surface area contributed by atoms with Crippen LogP contribution >= 0.6 is 11.6 Å². The van der Waals surface area contributed by atoms with E-state index < -0.39 is 6.10 Å². The highest BCUT2D eigenvalue weighted by atomic mass is 35.5. The summed E-state index contributed by atoms with van der Waals surface area (Å²) in [6.45, 7) is 4.60. The molecule has 4 heteroatoms. The molecule has 0 radical (unpaired) electrons. The van der Waals surface area contributed by atoms with Crippen LogP contribution in [0.4, 0.5) is 0 Å². The molecule has 3 nitrogen and oxygen atoms in total. The highest BCUT2D eigenvalue weighted by molar-refractivity contribution is 6.31. The highest BCUT2D eigenvalue weighted by Gasteiger charge is 2.33. The zero-order valence-electron chi connectivity index (χ0n) is 10.8. The Morgan fingerprint density at radius 1 is 1.47 bits per heavy atom. The predicted molar refractivity (Wildman–Crippen MR) is 68.9 cm³/mol. The number of aromatic nitrogens is 2. The van der Waals surface area contributed by atoms with Gasteiger partial charge in [-0.25, -0.2) is 0 Å². The fourth-order valence-electron chi connectivity index (χ4n) is 2.71. The van der Waals surface area contributed by atoms with E-state index in [0.29, 0.717) is 16.4 Å². The molecule has 1 heterocycles. The molecule has 1 unspecified atom stereocenters. The number of hydrogen-bond acceptors (Lipinski definition) is 2. The Morgan fingerprint density at radius 3 is 2.53 bits per heavy atom. The number of aliphatic hydroxyl groups excluding tert-OH is 1. The summed E-state index contributed by atoms with van der Waals surface area (Å²) in [5, 5.41) is 15.1. The Kier molecular flexibility index (Phi) is 3.50. The number of nitrogens with zero attached hydrogens (tertiary/aromatic N) is 2. The Hall–Kier alpha value is -0.540. The molecule has 17 heavy (non-hydrogen) atoms. The van der Waals surface area contributed by atoms with Crippen molar-refractivity contribution in [2.24, 2.45) is 18.4 Å². The minimum Gasteiger partial charge on any atom is -0.386 e. The largest absolute Gasteiger partial charge is 0.386 e. The quantitative estimate of drug-likeness (QED) is 0.882. The van der Waals surface area contributed by atoms with Crippen molar-refractivity contribution in [1.29, 1.82) is 0 Å². The van der Waals surface area contributed by atoms with Crippen LogP contribution in [0.3, 0.4) is 0 Å². The first kappa shape index (κ1) is 12.9. The van der Waals surface area contributed by atoms with Gasteiger partial charge >= 0.3 is 0 Å². The number of aryl methyl sites for hydroxylation is 1. The van der Waals surface area contributed by atoms with Crippen LogP contribution in [0.2, 0.25) is 5.02 Å². The Labute approximate surface area is 108 Å². The molecule has 1 aliphatic rings. The minimum absolute atomic E-state index is 0.316. The van der Waals surface area contributed by atoms with Gasteiger partial charge in [0, 0.05) is 7.05 Å². The number of aliphatic hydroxyl groups is 1. The average molecular weight is 257 g/mol. The summed E-state index contributed by atoms with van der Waals surface area (Å²) in [6.07, 6.45) is 5.60. The van der Waals surface area contributed by atoms with E-state index in [1.807, 2.05) is 7.05 Å². The lowest BCUT2D eigenvalue weighted by Crippen LogP contribution is -2.26. The molecular weight excluding hydrogens is 236 g/mol.